The number of ether oxygens (including phenoxy) is 1. The Labute approximate surface area is 130 Å². The van der Waals surface area contributed by atoms with Gasteiger partial charge in [0.15, 0.2) is 0 Å². The largest absolute Gasteiger partial charge is 0.496 e. The minimum atomic E-state index is -3.61. The topological polar surface area (TPSA) is 81.4 Å². The van der Waals surface area contributed by atoms with Gasteiger partial charge in [-0.05, 0) is 19.1 Å². The van der Waals surface area contributed by atoms with Crippen molar-refractivity contribution in [2.24, 2.45) is 5.73 Å². The SMILES string of the molecule is COc1ccc(S(=O)(=O)N[C@@H](C)CN)c2ccccc12.Cl. The lowest BCUT2D eigenvalue weighted by Gasteiger charge is -2.15. The molecular formula is C14H19ClN2O3S. The van der Waals surface area contributed by atoms with Crippen LogP contribution in [0.2, 0.25) is 0 Å². The molecule has 0 aromatic heterocycles. The molecule has 2 aromatic rings. The number of halogens is 1. The van der Waals surface area contributed by atoms with Gasteiger partial charge in [0.2, 0.25) is 10.0 Å². The van der Waals surface area contributed by atoms with E-state index in [9.17, 15) is 8.42 Å². The monoisotopic (exact) mass is 330 g/mol. The second-order valence-electron chi connectivity index (χ2n) is 4.57. The predicted molar refractivity (Wildman–Crippen MR) is 86.6 cm³/mol. The zero-order valence-electron chi connectivity index (χ0n) is 11.9. The van der Waals surface area contributed by atoms with Crippen LogP contribution in [0.4, 0.5) is 0 Å². The fraction of sp³-hybridized carbons (Fsp3) is 0.286. The van der Waals surface area contributed by atoms with Crippen molar-refractivity contribution in [1.82, 2.24) is 4.72 Å². The second-order valence-corrected chi connectivity index (χ2v) is 6.25. The molecule has 116 valence electrons. The van der Waals surface area contributed by atoms with Gasteiger partial charge in [-0.1, -0.05) is 24.3 Å². The van der Waals surface area contributed by atoms with Crippen LogP contribution in [-0.4, -0.2) is 28.1 Å². The molecular weight excluding hydrogens is 312 g/mol. The summed E-state index contributed by atoms with van der Waals surface area (Å²) in [6, 6.07) is 10.1. The Hall–Kier alpha value is -1.34. The molecule has 0 aliphatic rings. The summed E-state index contributed by atoms with van der Waals surface area (Å²) in [5.74, 6) is 0.645. The van der Waals surface area contributed by atoms with Crippen molar-refractivity contribution in [2.75, 3.05) is 13.7 Å². The van der Waals surface area contributed by atoms with Crippen LogP contribution in [0.3, 0.4) is 0 Å². The molecule has 0 aliphatic carbocycles. The third-order valence-electron chi connectivity index (χ3n) is 3.06. The van der Waals surface area contributed by atoms with Gasteiger partial charge in [-0.25, -0.2) is 13.1 Å². The Balaban J connectivity index is 0.00000220. The zero-order valence-corrected chi connectivity index (χ0v) is 13.5. The summed E-state index contributed by atoms with van der Waals surface area (Å²) in [7, 11) is -2.05. The summed E-state index contributed by atoms with van der Waals surface area (Å²) in [5.41, 5.74) is 5.47. The Morgan fingerprint density at radius 2 is 1.81 bits per heavy atom. The summed E-state index contributed by atoms with van der Waals surface area (Å²) >= 11 is 0. The maximum absolute atomic E-state index is 12.4. The first kappa shape index (κ1) is 17.7. The van der Waals surface area contributed by atoms with Crippen molar-refractivity contribution in [1.29, 1.82) is 0 Å². The van der Waals surface area contributed by atoms with E-state index < -0.39 is 10.0 Å². The van der Waals surface area contributed by atoms with Crippen molar-refractivity contribution < 1.29 is 13.2 Å². The Morgan fingerprint density at radius 1 is 1.19 bits per heavy atom. The minimum absolute atomic E-state index is 0. The van der Waals surface area contributed by atoms with Crippen LogP contribution in [-0.2, 0) is 10.0 Å². The molecule has 0 unspecified atom stereocenters. The third-order valence-corrected chi connectivity index (χ3v) is 4.71. The first-order chi connectivity index (χ1) is 9.49. The Kier molecular flexibility index (Phi) is 5.98. The average Bonchev–Trinajstić information content (AvgIpc) is 2.45. The normalized spacial score (nSPS) is 12.7. The number of hydrogen-bond donors (Lipinski definition) is 2. The highest BCUT2D eigenvalue weighted by Gasteiger charge is 2.20. The highest BCUT2D eigenvalue weighted by atomic mass is 35.5. The molecule has 0 saturated carbocycles. The molecule has 3 N–H and O–H groups in total. The van der Waals surface area contributed by atoms with Crippen LogP contribution in [0, 0.1) is 0 Å². The summed E-state index contributed by atoms with van der Waals surface area (Å²) < 4.78 is 32.6. The highest BCUT2D eigenvalue weighted by Crippen LogP contribution is 2.30. The highest BCUT2D eigenvalue weighted by molar-refractivity contribution is 7.89. The number of fused-ring (bicyclic) bond motifs is 1. The van der Waals surface area contributed by atoms with Crippen LogP contribution in [0.1, 0.15) is 6.92 Å². The molecule has 0 radical (unpaired) electrons. The summed E-state index contributed by atoms with van der Waals surface area (Å²) in [6.45, 7) is 1.97. The lowest BCUT2D eigenvalue weighted by atomic mass is 10.1. The summed E-state index contributed by atoms with van der Waals surface area (Å²) in [4.78, 5) is 0.231. The van der Waals surface area contributed by atoms with Crippen molar-refractivity contribution in [3.05, 3.63) is 36.4 Å². The van der Waals surface area contributed by atoms with Crippen molar-refractivity contribution in [3.63, 3.8) is 0 Å². The van der Waals surface area contributed by atoms with Gasteiger partial charge in [0.1, 0.15) is 5.75 Å². The van der Waals surface area contributed by atoms with E-state index in [2.05, 4.69) is 4.72 Å². The fourth-order valence-electron chi connectivity index (χ4n) is 2.03. The van der Waals surface area contributed by atoms with Crippen LogP contribution < -0.4 is 15.2 Å². The summed E-state index contributed by atoms with van der Waals surface area (Å²) in [5, 5.41) is 1.39. The molecule has 1 atom stereocenters. The van der Waals surface area contributed by atoms with Gasteiger partial charge in [-0.2, -0.15) is 0 Å². The van der Waals surface area contributed by atoms with Crippen LogP contribution >= 0.6 is 12.4 Å². The number of rotatable bonds is 5. The molecule has 2 rings (SSSR count). The third kappa shape index (κ3) is 3.65. The van der Waals surface area contributed by atoms with Crippen molar-refractivity contribution in [3.8, 4) is 5.75 Å². The molecule has 0 amide bonds. The molecule has 7 heteroatoms. The fourth-order valence-corrected chi connectivity index (χ4v) is 3.50. The smallest absolute Gasteiger partial charge is 0.241 e. The molecule has 0 bridgehead atoms. The van der Waals surface area contributed by atoms with Crippen molar-refractivity contribution >= 4 is 33.2 Å². The number of sulfonamides is 1. The van der Waals surface area contributed by atoms with E-state index in [4.69, 9.17) is 10.5 Å². The van der Waals surface area contributed by atoms with Gasteiger partial charge < -0.3 is 10.5 Å². The van der Waals surface area contributed by atoms with E-state index in [-0.39, 0.29) is 29.9 Å². The molecule has 0 aliphatic heterocycles. The molecule has 0 heterocycles. The predicted octanol–water partition coefficient (Wildman–Crippen LogP) is 1.90. The van der Waals surface area contributed by atoms with Crippen LogP contribution in [0.25, 0.3) is 10.8 Å². The van der Waals surface area contributed by atoms with Crippen LogP contribution in [0.15, 0.2) is 41.3 Å². The Bertz CT molecular complexity index is 719. The van der Waals surface area contributed by atoms with Gasteiger partial charge >= 0.3 is 0 Å². The van der Waals surface area contributed by atoms with E-state index >= 15 is 0 Å². The van der Waals surface area contributed by atoms with E-state index in [0.717, 1.165) is 5.39 Å². The Morgan fingerprint density at radius 3 is 2.38 bits per heavy atom. The van der Waals surface area contributed by atoms with E-state index in [1.54, 1.807) is 38.3 Å². The van der Waals surface area contributed by atoms with E-state index in [1.807, 2.05) is 12.1 Å². The van der Waals surface area contributed by atoms with Crippen LogP contribution in [0.5, 0.6) is 5.75 Å². The van der Waals surface area contributed by atoms with Gasteiger partial charge in [0, 0.05) is 23.4 Å². The number of nitrogens with one attached hydrogen (secondary N) is 1. The van der Waals surface area contributed by atoms with Crippen molar-refractivity contribution in [2.45, 2.75) is 17.9 Å². The van der Waals surface area contributed by atoms with Gasteiger partial charge in [0.05, 0.1) is 12.0 Å². The number of methoxy groups -OCH3 is 1. The first-order valence-electron chi connectivity index (χ1n) is 6.27. The standard InChI is InChI=1S/C14H18N2O3S.ClH/c1-10(9-15)16-20(17,18)14-8-7-13(19-2)11-5-3-4-6-12(11)14;/h3-8,10,16H,9,15H2,1-2H3;1H/t10-;/m0./s1. The molecule has 0 saturated heterocycles. The van der Waals surface area contributed by atoms with Gasteiger partial charge in [0.25, 0.3) is 0 Å². The lowest BCUT2D eigenvalue weighted by Crippen LogP contribution is -2.37. The molecule has 21 heavy (non-hydrogen) atoms. The van der Waals surface area contributed by atoms with E-state index in [1.165, 1.54) is 0 Å². The van der Waals surface area contributed by atoms with Gasteiger partial charge in [-0.3, -0.25) is 0 Å². The second kappa shape index (κ2) is 7.09. The van der Waals surface area contributed by atoms with E-state index in [0.29, 0.717) is 11.1 Å². The molecule has 0 fully saturated rings. The zero-order chi connectivity index (χ0) is 14.8. The minimum Gasteiger partial charge on any atom is -0.496 e. The maximum atomic E-state index is 12.4. The summed E-state index contributed by atoms with van der Waals surface area (Å²) in [6.07, 6.45) is 0. The number of nitrogens with two attached hydrogens (primary N) is 1. The molecule has 2 aromatic carbocycles. The quantitative estimate of drug-likeness (QED) is 0.877. The average molecular weight is 331 g/mol. The maximum Gasteiger partial charge on any atom is 0.241 e. The van der Waals surface area contributed by atoms with Gasteiger partial charge in [-0.15, -0.1) is 12.4 Å². The number of hydrogen-bond acceptors (Lipinski definition) is 4. The number of benzene rings is 2. The molecule has 5 nitrogen and oxygen atoms in total. The molecule has 0 spiro atoms. The first-order valence-corrected chi connectivity index (χ1v) is 7.76. The lowest BCUT2D eigenvalue weighted by molar-refractivity contribution is 0.419.